The normalized spacial score (nSPS) is 32.3. The summed E-state index contributed by atoms with van der Waals surface area (Å²) in [5.74, 6) is 0.890. The maximum absolute atomic E-state index is 10.0. The van der Waals surface area contributed by atoms with E-state index in [9.17, 15) is 5.11 Å². The van der Waals surface area contributed by atoms with Gasteiger partial charge in [0.25, 0.3) is 0 Å². The molecule has 4 nitrogen and oxygen atoms in total. The van der Waals surface area contributed by atoms with Gasteiger partial charge < -0.3 is 15.2 Å². The fourth-order valence-corrected chi connectivity index (χ4v) is 2.91. The molecule has 0 aromatic rings. The number of hydrogen-bond donors (Lipinski definition) is 2. The molecule has 106 valence electrons. The number of nitrogens with one attached hydrogen (secondary N) is 1. The highest BCUT2D eigenvalue weighted by Gasteiger charge is 2.19. The van der Waals surface area contributed by atoms with Crippen molar-refractivity contribution in [1.82, 2.24) is 10.2 Å². The Labute approximate surface area is 111 Å². The molecule has 0 radical (unpaired) electrons. The number of nitrogens with zero attached hydrogens (tertiary/aromatic N) is 1. The monoisotopic (exact) mass is 256 g/mol. The van der Waals surface area contributed by atoms with Crippen LogP contribution in [0, 0.1) is 5.92 Å². The third kappa shape index (κ3) is 4.84. The largest absolute Gasteiger partial charge is 0.390 e. The first-order valence-electron chi connectivity index (χ1n) is 7.45. The minimum Gasteiger partial charge on any atom is -0.390 e. The van der Waals surface area contributed by atoms with E-state index in [2.05, 4.69) is 17.1 Å². The Kier molecular flexibility index (Phi) is 5.89. The number of β-amino-alcohol motifs (C(OH)–C–C–N with tert-alkyl or cyclic N) is 1. The molecule has 2 fully saturated rings. The zero-order chi connectivity index (χ0) is 12.8. The smallest absolute Gasteiger partial charge is 0.0791 e. The number of aliphatic hydroxyl groups is 1. The van der Waals surface area contributed by atoms with Crippen LogP contribution in [-0.2, 0) is 4.74 Å². The summed E-state index contributed by atoms with van der Waals surface area (Å²) in [6.45, 7) is 7.37. The number of aliphatic hydroxyl groups excluding tert-OH is 1. The van der Waals surface area contributed by atoms with Gasteiger partial charge in [0, 0.05) is 32.2 Å². The molecule has 1 unspecified atom stereocenters. The maximum Gasteiger partial charge on any atom is 0.0791 e. The number of rotatable bonds is 5. The summed E-state index contributed by atoms with van der Waals surface area (Å²) in [5.41, 5.74) is 0. The molecule has 0 amide bonds. The summed E-state index contributed by atoms with van der Waals surface area (Å²) >= 11 is 0. The molecular weight excluding hydrogens is 228 g/mol. The predicted octanol–water partition coefficient (Wildman–Crippen LogP) is 0.848. The van der Waals surface area contributed by atoms with Gasteiger partial charge in [-0.2, -0.15) is 0 Å². The molecule has 1 saturated carbocycles. The molecule has 18 heavy (non-hydrogen) atoms. The minimum atomic E-state index is -0.248. The second-order valence-corrected chi connectivity index (χ2v) is 5.93. The van der Waals surface area contributed by atoms with Gasteiger partial charge in [-0.15, -0.1) is 0 Å². The molecule has 2 rings (SSSR count). The van der Waals surface area contributed by atoms with Crippen molar-refractivity contribution in [1.29, 1.82) is 0 Å². The molecule has 1 heterocycles. The Bertz CT molecular complexity index is 224. The fraction of sp³-hybridized carbons (Fsp3) is 1.00. The van der Waals surface area contributed by atoms with Crippen molar-refractivity contribution in [3.05, 3.63) is 0 Å². The van der Waals surface area contributed by atoms with Gasteiger partial charge in [-0.25, -0.2) is 0 Å². The van der Waals surface area contributed by atoms with Gasteiger partial charge in [-0.05, 0) is 31.6 Å². The van der Waals surface area contributed by atoms with Crippen molar-refractivity contribution in [2.45, 2.75) is 44.8 Å². The van der Waals surface area contributed by atoms with Crippen LogP contribution in [0.2, 0.25) is 0 Å². The molecule has 0 aromatic carbocycles. The zero-order valence-electron chi connectivity index (χ0n) is 11.6. The summed E-state index contributed by atoms with van der Waals surface area (Å²) < 4.78 is 5.31. The molecule has 2 aliphatic rings. The highest BCUT2D eigenvalue weighted by Crippen LogP contribution is 2.23. The van der Waals surface area contributed by atoms with Crippen molar-refractivity contribution in [2.75, 3.05) is 39.4 Å². The summed E-state index contributed by atoms with van der Waals surface area (Å²) in [5, 5.41) is 13.6. The highest BCUT2D eigenvalue weighted by molar-refractivity contribution is 4.77. The highest BCUT2D eigenvalue weighted by atomic mass is 16.5. The zero-order valence-corrected chi connectivity index (χ0v) is 11.6. The molecular formula is C14H28N2O2. The SMILES string of the molecule is CC1CCC(NCC(O)CN2CCOCC2)CC1. The van der Waals surface area contributed by atoms with E-state index in [1.54, 1.807) is 0 Å². The van der Waals surface area contributed by atoms with Crippen molar-refractivity contribution in [3.63, 3.8) is 0 Å². The lowest BCUT2D eigenvalue weighted by Crippen LogP contribution is -2.45. The summed E-state index contributed by atoms with van der Waals surface area (Å²) in [6.07, 6.45) is 4.95. The van der Waals surface area contributed by atoms with E-state index in [-0.39, 0.29) is 6.10 Å². The first-order valence-corrected chi connectivity index (χ1v) is 7.45. The van der Waals surface area contributed by atoms with E-state index in [0.29, 0.717) is 6.04 Å². The molecule has 1 atom stereocenters. The lowest BCUT2D eigenvalue weighted by Gasteiger charge is -2.31. The summed E-state index contributed by atoms with van der Waals surface area (Å²) in [4.78, 5) is 2.29. The van der Waals surface area contributed by atoms with E-state index in [1.165, 1.54) is 25.7 Å². The molecule has 0 bridgehead atoms. The van der Waals surface area contributed by atoms with Crippen LogP contribution in [0.4, 0.5) is 0 Å². The fourth-order valence-electron chi connectivity index (χ4n) is 2.91. The second-order valence-electron chi connectivity index (χ2n) is 5.93. The van der Waals surface area contributed by atoms with E-state index in [4.69, 9.17) is 4.74 Å². The second kappa shape index (κ2) is 7.43. The Balaban J connectivity index is 1.57. The quantitative estimate of drug-likeness (QED) is 0.765. The van der Waals surface area contributed by atoms with E-state index < -0.39 is 0 Å². The first-order chi connectivity index (χ1) is 8.74. The van der Waals surface area contributed by atoms with Crippen LogP contribution < -0.4 is 5.32 Å². The molecule has 1 aliphatic heterocycles. The Morgan fingerprint density at radius 3 is 2.56 bits per heavy atom. The minimum absolute atomic E-state index is 0.248. The van der Waals surface area contributed by atoms with E-state index >= 15 is 0 Å². The molecule has 2 N–H and O–H groups in total. The third-order valence-electron chi connectivity index (χ3n) is 4.23. The van der Waals surface area contributed by atoms with Gasteiger partial charge in [0.05, 0.1) is 19.3 Å². The molecule has 1 saturated heterocycles. The van der Waals surface area contributed by atoms with Crippen LogP contribution in [0.25, 0.3) is 0 Å². The lowest BCUT2D eigenvalue weighted by molar-refractivity contribution is 0.0142. The van der Waals surface area contributed by atoms with Gasteiger partial charge in [0.1, 0.15) is 0 Å². The summed E-state index contributed by atoms with van der Waals surface area (Å²) in [6, 6.07) is 0.625. The average molecular weight is 256 g/mol. The van der Waals surface area contributed by atoms with Crippen LogP contribution in [-0.4, -0.2) is 61.5 Å². The van der Waals surface area contributed by atoms with Gasteiger partial charge in [0.15, 0.2) is 0 Å². The average Bonchev–Trinajstić information content (AvgIpc) is 2.39. The first kappa shape index (κ1) is 14.3. The van der Waals surface area contributed by atoms with Crippen molar-refractivity contribution in [3.8, 4) is 0 Å². The van der Waals surface area contributed by atoms with Crippen molar-refractivity contribution in [2.24, 2.45) is 5.92 Å². The Morgan fingerprint density at radius 2 is 1.89 bits per heavy atom. The summed E-state index contributed by atoms with van der Waals surface area (Å²) in [7, 11) is 0. The van der Waals surface area contributed by atoms with E-state index in [0.717, 1.165) is 45.3 Å². The van der Waals surface area contributed by atoms with Crippen LogP contribution in [0.1, 0.15) is 32.6 Å². The topological polar surface area (TPSA) is 44.7 Å². The van der Waals surface area contributed by atoms with Crippen LogP contribution >= 0.6 is 0 Å². The number of ether oxygens (including phenoxy) is 1. The van der Waals surface area contributed by atoms with Crippen LogP contribution in [0.3, 0.4) is 0 Å². The molecule has 0 aromatic heterocycles. The molecule has 1 aliphatic carbocycles. The van der Waals surface area contributed by atoms with Gasteiger partial charge in [-0.3, -0.25) is 4.90 Å². The van der Waals surface area contributed by atoms with Crippen LogP contribution in [0.5, 0.6) is 0 Å². The van der Waals surface area contributed by atoms with Crippen molar-refractivity contribution >= 4 is 0 Å². The molecule has 0 spiro atoms. The van der Waals surface area contributed by atoms with Gasteiger partial charge in [-0.1, -0.05) is 6.92 Å². The standard InChI is InChI=1S/C14H28N2O2/c1-12-2-4-13(5-3-12)15-10-14(17)11-16-6-8-18-9-7-16/h12-15,17H,2-11H2,1H3. The number of morpholine rings is 1. The van der Waals surface area contributed by atoms with Gasteiger partial charge >= 0.3 is 0 Å². The van der Waals surface area contributed by atoms with Crippen LogP contribution in [0.15, 0.2) is 0 Å². The Hall–Kier alpha value is -0.160. The lowest BCUT2D eigenvalue weighted by atomic mass is 9.87. The van der Waals surface area contributed by atoms with E-state index in [1.807, 2.05) is 0 Å². The maximum atomic E-state index is 10.0. The molecule has 4 heteroatoms. The predicted molar refractivity (Wildman–Crippen MR) is 72.7 cm³/mol. The third-order valence-corrected chi connectivity index (χ3v) is 4.23. The Morgan fingerprint density at radius 1 is 1.22 bits per heavy atom. The van der Waals surface area contributed by atoms with Crippen molar-refractivity contribution < 1.29 is 9.84 Å². The number of hydrogen-bond acceptors (Lipinski definition) is 4. The van der Waals surface area contributed by atoms with Gasteiger partial charge in [0.2, 0.25) is 0 Å².